The van der Waals surface area contributed by atoms with Crippen molar-refractivity contribution in [1.29, 1.82) is 0 Å². The molecule has 0 N–H and O–H groups in total. The predicted octanol–water partition coefficient (Wildman–Crippen LogP) is 7.08. The molecular weight excluding hydrogens is 479 g/mol. The van der Waals surface area contributed by atoms with Crippen molar-refractivity contribution in [1.82, 2.24) is 0 Å². The SMILES string of the molecule is FC(F)(F)c1[c]c(C(F)(C(F)(F)F)C(F)(F)F)cc(C(F)(C(F)(F)F)C(F)(F)F)c1. The molecule has 0 atom stereocenters. The number of hydrogen-bond donors (Lipinski definition) is 0. The molecule has 0 amide bonds. The van der Waals surface area contributed by atoms with Crippen molar-refractivity contribution in [3.63, 3.8) is 0 Å². The number of alkyl halides is 17. The normalized spacial score (nSPS) is 15.5. The minimum Gasteiger partial charge on any atom is -0.218 e. The molecule has 0 aromatic heterocycles. The zero-order chi connectivity index (χ0) is 24.4. The van der Waals surface area contributed by atoms with Gasteiger partial charge in [-0.3, -0.25) is 0 Å². The molecule has 17 heteroatoms. The van der Waals surface area contributed by atoms with Crippen LogP contribution in [0, 0.1) is 6.07 Å². The van der Waals surface area contributed by atoms with Crippen molar-refractivity contribution >= 4 is 0 Å². The van der Waals surface area contributed by atoms with Crippen molar-refractivity contribution in [2.24, 2.45) is 0 Å². The molecule has 0 saturated carbocycles. The lowest BCUT2D eigenvalue weighted by Gasteiger charge is -2.34. The summed E-state index contributed by atoms with van der Waals surface area (Å²) in [6, 6.07) is -2.88. The second-order valence-corrected chi connectivity index (χ2v) is 5.50. The topological polar surface area (TPSA) is 0 Å². The van der Waals surface area contributed by atoms with E-state index in [-0.39, 0.29) is 6.07 Å². The Hall–Kier alpha value is -1.97. The summed E-state index contributed by atoms with van der Waals surface area (Å²) in [6.07, 6.45) is -35.2. The van der Waals surface area contributed by atoms with Gasteiger partial charge in [-0.1, -0.05) is 0 Å². The molecule has 1 aromatic carbocycles. The fraction of sp³-hybridized carbons (Fsp3) is 0.538. The monoisotopic (exact) mass is 481 g/mol. The summed E-state index contributed by atoms with van der Waals surface area (Å²) in [5.41, 5.74) is -23.9. The van der Waals surface area contributed by atoms with E-state index in [4.69, 9.17) is 0 Å². The van der Waals surface area contributed by atoms with E-state index < -0.39 is 71.0 Å². The lowest BCUT2D eigenvalue weighted by molar-refractivity contribution is -0.350. The van der Waals surface area contributed by atoms with Crippen molar-refractivity contribution in [2.45, 2.75) is 42.2 Å². The van der Waals surface area contributed by atoms with Crippen molar-refractivity contribution < 1.29 is 74.6 Å². The van der Waals surface area contributed by atoms with Gasteiger partial charge in [0.25, 0.3) is 0 Å². The van der Waals surface area contributed by atoms with Gasteiger partial charge in [0.2, 0.25) is 0 Å². The summed E-state index contributed by atoms with van der Waals surface area (Å²) in [7, 11) is 0. The van der Waals surface area contributed by atoms with Crippen LogP contribution in [0.2, 0.25) is 0 Å². The highest BCUT2D eigenvalue weighted by Crippen LogP contribution is 2.57. The minimum atomic E-state index is -7.24. The van der Waals surface area contributed by atoms with Crippen LogP contribution in [-0.4, -0.2) is 24.7 Å². The second-order valence-electron chi connectivity index (χ2n) is 5.50. The largest absolute Gasteiger partial charge is 0.435 e. The van der Waals surface area contributed by atoms with Crippen LogP contribution in [0.5, 0.6) is 0 Å². The second kappa shape index (κ2) is 6.77. The highest BCUT2D eigenvalue weighted by atomic mass is 19.4. The van der Waals surface area contributed by atoms with Gasteiger partial charge >= 0.3 is 42.2 Å². The summed E-state index contributed by atoms with van der Waals surface area (Å²) in [5.74, 6) is 0. The van der Waals surface area contributed by atoms with E-state index in [9.17, 15) is 74.6 Å². The molecule has 0 aliphatic heterocycles. The van der Waals surface area contributed by atoms with Gasteiger partial charge in [-0.25, -0.2) is 8.78 Å². The molecule has 0 unspecified atom stereocenters. The van der Waals surface area contributed by atoms with Gasteiger partial charge in [-0.15, -0.1) is 0 Å². The summed E-state index contributed by atoms with van der Waals surface area (Å²) in [6.45, 7) is 0. The molecule has 0 heterocycles. The number of rotatable bonds is 2. The first kappa shape index (κ1) is 26.1. The van der Waals surface area contributed by atoms with Crippen LogP contribution < -0.4 is 0 Å². The van der Waals surface area contributed by atoms with Gasteiger partial charge in [0, 0.05) is 17.2 Å². The molecule has 0 saturated heterocycles. The minimum absolute atomic E-state index is 0.112. The van der Waals surface area contributed by atoms with Gasteiger partial charge in [-0.2, -0.15) is 65.9 Å². The van der Waals surface area contributed by atoms with Crippen LogP contribution in [-0.2, 0) is 17.5 Å². The lowest BCUT2D eigenvalue weighted by Crippen LogP contribution is -2.52. The lowest BCUT2D eigenvalue weighted by atomic mass is 9.85. The average Bonchev–Trinajstić information content (AvgIpc) is 2.47. The molecule has 0 nitrogen and oxygen atoms in total. The first-order valence-electron chi connectivity index (χ1n) is 6.62. The molecule has 0 aliphatic carbocycles. The molecule has 1 radical (unpaired) electrons. The third-order valence-electron chi connectivity index (χ3n) is 3.51. The van der Waals surface area contributed by atoms with Crippen LogP contribution in [0.25, 0.3) is 0 Å². The first-order valence-corrected chi connectivity index (χ1v) is 6.62. The summed E-state index contributed by atoms with van der Waals surface area (Å²) >= 11 is 0. The van der Waals surface area contributed by atoms with Gasteiger partial charge in [0.15, 0.2) is 0 Å². The Morgan fingerprint density at radius 2 is 0.733 bits per heavy atom. The Balaban J connectivity index is 4.19. The molecule has 173 valence electrons. The zero-order valence-electron chi connectivity index (χ0n) is 13.1. The summed E-state index contributed by atoms with van der Waals surface area (Å²) in [5, 5.41) is 0. The van der Waals surface area contributed by atoms with Gasteiger partial charge < -0.3 is 0 Å². The molecule has 0 aliphatic rings. The highest BCUT2D eigenvalue weighted by Gasteiger charge is 2.76. The van der Waals surface area contributed by atoms with Crippen molar-refractivity contribution in [3.8, 4) is 0 Å². The molecule has 30 heavy (non-hydrogen) atoms. The maximum absolute atomic E-state index is 14.0. The summed E-state index contributed by atoms with van der Waals surface area (Å²) < 4.78 is 218. The molecule has 1 rings (SSSR count). The molecule has 1 aromatic rings. The van der Waals surface area contributed by atoms with Gasteiger partial charge in [-0.05, 0) is 12.1 Å². The maximum Gasteiger partial charge on any atom is 0.435 e. The maximum atomic E-state index is 14.0. The molecule has 0 spiro atoms. The fourth-order valence-corrected chi connectivity index (χ4v) is 2.06. The predicted molar refractivity (Wildman–Crippen MR) is 60.1 cm³/mol. The molecule has 0 bridgehead atoms. The van der Waals surface area contributed by atoms with E-state index in [1.165, 1.54) is 0 Å². The smallest absolute Gasteiger partial charge is 0.218 e. The highest BCUT2D eigenvalue weighted by molar-refractivity contribution is 5.40. The Morgan fingerprint density at radius 3 is 1.00 bits per heavy atom. The van der Waals surface area contributed by atoms with E-state index in [0.717, 1.165) is 0 Å². The van der Waals surface area contributed by atoms with Crippen LogP contribution >= 0.6 is 0 Å². The van der Waals surface area contributed by atoms with E-state index in [1.54, 1.807) is 0 Å². The quantitative estimate of drug-likeness (QED) is 0.396. The van der Waals surface area contributed by atoms with Crippen LogP contribution in [0.1, 0.15) is 16.7 Å². The number of hydrogen-bond acceptors (Lipinski definition) is 0. The number of halogens is 17. The Labute approximate surface area is 153 Å². The van der Waals surface area contributed by atoms with E-state index in [2.05, 4.69) is 0 Å². The number of benzene rings is 1. The standard InChI is InChI=1S/C13H2F17/c14-7(10(19,20)21,11(22,23)24)4-1-5(3-6(2-4)9(16,17)18)8(15,12(25,26)27)13(28,29)30/h1-2H. The first-order chi connectivity index (χ1) is 12.8. The van der Waals surface area contributed by atoms with Crippen molar-refractivity contribution in [2.75, 3.05) is 0 Å². The van der Waals surface area contributed by atoms with Crippen molar-refractivity contribution in [3.05, 3.63) is 34.9 Å². The fourth-order valence-electron chi connectivity index (χ4n) is 2.06. The van der Waals surface area contributed by atoms with Gasteiger partial charge in [0.1, 0.15) is 0 Å². The Kier molecular flexibility index (Phi) is 5.88. The van der Waals surface area contributed by atoms with Gasteiger partial charge in [0.05, 0.1) is 5.56 Å². The third-order valence-corrected chi connectivity index (χ3v) is 3.51. The van der Waals surface area contributed by atoms with Crippen LogP contribution in [0.15, 0.2) is 12.1 Å². The zero-order valence-corrected chi connectivity index (χ0v) is 13.1. The molecule has 0 fully saturated rings. The van der Waals surface area contributed by atoms with E-state index in [0.29, 0.717) is 0 Å². The Bertz CT molecular complexity index is 685. The molecular formula is C13H2F17. The summed E-state index contributed by atoms with van der Waals surface area (Å²) in [4.78, 5) is 0. The van der Waals surface area contributed by atoms with E-state index in [1.807, 2.05) is 0 Å². The average molecular weight is 481 g/mol. The van der Waals surface area contributed by atoms with E-state index >= 15 is 0 Å². The third kappa shape index (κ3) is 3.98. The van der Waals surface area contributed by atoms with Crippen LogP contribution in [0.3, 0.4) is 0 Å². The Morgan fingerprint density at radius 1 is 0.433 bits per heavy atom. The van der Waals surface area contributed by atoms with Crippen LogP contribution in [0.4, 0.5) is 74.6 Å².